The number of esters is 1. The van der Waals surface area contributed by atoms with E-state index >= 15 is 0 Å². The number of thioether (sulfide) groups is 1. The molecule has 1 saturated heterocycles. The maximum atomic E-state index is 11.6. The number of allylic oxidation sites excluding steroid dienone is 1. The Labute approximate surface area is 137 Å². The highest BCUT2D eigenvalue weighted by molar-refractivity contribution is 7.98. The Balaban J connectivity index is 0.000000335. The first-order valence-electron chi connectivity index (χ1n) is 7.64. The topological polar surface area (TPSA) is 48.4 Å². The molecule has 2 heterocycles. The van der Waals surface area contributed by atoms with E-state index < -0.39 is 0 Å². The largest absolute Gasteiger partial charge is 0.462 e. The molecule has 0 aliphatic carbocycles. The predicted molar refractivity (Wildman–Crippen MR) is 91.0 cm³/mol. The molecule has 1 fully saturated rings. The van der Waals surface area contributed by atoms with Crippen LogP contribution in [0.25, 0.3) is 5.57 Å². The zero-order chi connectivity index (χ0) is 16.2. The van der Waals surface area contributed by atoms with E-state index in [0.717, 1.165) is 18.1 Å². The van der Waals surface area contributed by atoms with Gasteiger partial charge in [-0.05, 0) is 51.5 Å². The lowest BCUT2D eigenvalue weighted by Crippen LogP contribution is -2.07. The first kappa shape index (κ1) is 18.7. The van der Waals surface area contributed by atoms with Crippen molar-refractivity contribution in [3.63, 3.8) is 0 Å². The molecule has 0 spiro atoms. The molecule has 0 bridgehead atoms. The first-order chi connectivity index (χ1) is 10.7. The van der Waals surface area contributed by atoms with Gasteiger partial charge in [0.2, 0.25) is 0 Å². The third-order valence-corrected chi connectivity index (χ3v) is 3.82. The van der Waals surface area contributed by atoms with E-state index in [2.05, 4.69) is 4.98 Å². The predicted octanol–water partition coefficient (Wildman–Crippen LogP) is 3.96. The van der Waals surface area contributed by atoms with Gasteiger partial charge in [-0.1, -0.05) is 6.08 Å². The normalized spacial score (nSPS) is 14.8. The van der Waals surface area contributed by atoms with Crippen molar-refractivity contribution in [3.05, 3.63) is 30.1 Å². The standard InChI is InChI=1S/C12H15NO2S.C5H10O/c1-4-10(12(14)15-5-2)11-7-6-9(16-3)8-13-11;1-2-4-6-5-3-1/h4,6-8H,5H2,1-3H3;1-5H2/b10-4+;. The van der Waals surface area contributed by atoms with Crippen LogP contribution in [0, 0.1) is 0 Å². The Hall–Kier alpha value is -1.33. The van der Waals surface area contributed by atoms with Gasteiger partial charge in [0, 0.05) is 24.3 Å². The molecule has 0 aromatic carbocycles. The van der Waals surface area contributed by atoms with Crippen molar-refractivity contribution >= 4 is 23.3 Å². The summed E-state index contributed by atoms with van der Waals surface area (Å²) in [6, 6.07) is 3.77. The van der Waals surface area contributed by atoms with Crippen LogP contribution >= 0.6 is 11.8 Å². The molecule has 0 unspecified atom stereocenters. The molecule has 0 atom stereocenters. The van der Waals surface area contributed by atoms with Crippen LogP contribution in [-0.4, -0.2) is 37.0 Å². The number of pyridine rings is 1. The third kappa shape index (κ3) is 6.62. The highest BCUT2D eigenvalue weighted by atomic mass is 32.2. The van der Waals surface area contributed by atoms with Crippen molar-refractivity contribution in [2.45, 2.75) is 38.0 Å². The minimum atomic E-state index is -0.325. The lowest BCUT2D eigenvalue weighted by atomic mass is 10.1. The average Bonchev–Trinajstić information content (AvgIpc) is 2.58. The fraction of sp³-hybridized carbons (Fsp3) is 0.529. The molecule has 5 heteroatoms. The Bertz CT molecular complexity index is 456. The van der Waals surface area contributed by atoms with E-state index in [0.29, 0.717) is 17.9 Å². The molecule has 0 saturated carbocycles. The summed E-state index contributed by atoms with van der Waals surface area (Å²) >= 11 is 1.62. The maximum absolute atomic E-state index is 11.6. The van der Waals surface area contributed by atoms with Gasteiger partial charge in [-0.2, -0.15) is 0 Å². The van der Waals surface area contributed by atoms with Crippen molar-refractivity contribution in [2.24, 2.45) is 0 Å². The van der Waals surface area contributed by atoms with Gasteiger partial charge in [0.1, 0.15) is 0 Å². The van der Waals surface area contributed by atoms with E-state index in [-0.39, 0.29) is 5.97 Å². The van der Waals surface area contributed by atoms with Crippen molar-refractivity contribution in [1.82, 2.24) is 4.98 Å². The molecule has 0 N–H and O–H groups in total. The molecular formula is C17H25NO3S. The van der Waals surface area contributed by atoms with E-state index in [1.807, 2.05) is 18.4 Å². The highest BCUT2D eigenvalue weighted by Crippen LogP contribution is 2.18. The molecule has 1 aliphatic heterocycles. The van der Waals surface area contributed by atoms with E-state index in [1.54, 1.807) is 37.9 Å². The van der Waals surface area contributed by atoms with Crippen LogP contribution < -0.4 is 0 Å². The second kappa shape index (κ2) is 11.3. The SMILES string of the molecule is C/C=C(/C(=O)OCC)c1ccc(SC)cn1.C1CCOCC1. The van der Waals surface area contributed by atoms with E-state index in [9.17, 15) is 4.79 Å². The molecular weight excluding hydrogens is 298 g/mol. The highest BCUT2D eigenvalue weighted by Gasteiger charge is 2.12. The lowest BCUT2D eigenvalue weighted by molar-refractivity contribution is -0.136. The molecule has 122 valence electrons. The van der Waals surface area contributed by atoms with Gasteiger partial charge in [0.15, 0.2) is 0 Å². The fourth-order valence-electron chi connectivity index (χ4n) is 1.93. The summed E-state index contributed by atoms with van der Waals surface area (Å²) in [5.41, 5.74) is 1.16. The Kier molecular flexibility index (Phi) is 9.59. The van der Waals surface area contributed by atoms with Gasteiger partial charge in [0.05, 0.1) is 17.9 Å². The van der Waals surface area contributed by atoms with Crippen LogP contribution in [-0.2, 0) is 14.3 Å². The second-order valence-electron chi connectivity index (χ2n) is 4.68. The smallest absolute Gasteiger partial charge is 0.339 e. The first-order valence-corrected chi connectivity index (χ1v) is 8.87. The van der Waals surface area contributed by atoms with Crippen molar-refractivity contribution in [3.8, 4) is 0 Å². The number of nitrogens with zero attached hydrogens (tertiary/aromatic N) is 1. The molecule has 22 heavy (non-hydrogen) atoms. The van der Waals surface area contributed by atoms with Gasteiger partial charge >= 0.3 is 5.97 Å². The third-order valence-electron chi connectivity index (χ3n) is 3.11. The summed E-state index contributed by atoms with van der Waals surface area (Å²) in [5.74, 6) is -0.325. The van der Waals surface area contributed by atoms with Crippen LogP contribution in [0.1, 0.15) is 38.8 Å². The Morgan fingerprint density at radius 1 is 1.36 bits per heavy atom. The quantitative estimate of drug-likeness (QED) is 0.477. The second-order valence-corrected chi connectivity index (χ2v) is 5.56. The molecule has 2 rings (SSSR count). The fourth-order valence-corrected chi connectivity index (χ4v) is 2.29. The van der Waals surface area contributed by atoms with Crippen molar-refractivity contribution < 1.29 is 14.3 Å². The van der Waals surface area contributed by atoms with Crippen LogP contribution in [0.5, 0.6) is 0 Å². The minimum absolute atomic E-state index is 0.325. The van der Waals surface area contributed by atoms with Gasteiger partial charge in [-0.25, -0.2) is 4.79 Å². The summed E-state index contributed by atoms with van der Waals surface area (Å²) in [7, 11) is 0. The van der Waals surface area contributed by atoms with E-state index in [1.165, 1.54) is 19.3 Å². The number of carbonyl (C=O) groups is 1. The molecule has 0 radical (unpaired) electrons. The zero-order valence-electron chi connectivity index (χ0n) is 13.6. The van der Waals surface area contributed by atoms with Crippen LogP contribution in [0.3, 0.4) is 0 Å². The monoisotopic (exact) mass is 323 g/mol. The number of hydrogen-bond acceptors (Lipinski definition) is 5. The maximum Gasteiger partial charge on any atom is 0.339 e. The number of carbonyl (C=O) groups excluding carboxylic acids is 1. The van der Waals surface area contributed by atoms with Crippen molar-refractivity contribution in [2.75, 3.05) is 26.1 Å². The molecule has 1 aromatic rings. The summed E-state index contributed by atoms with van der Waals surface area (Å²) in [5, 5.41) is 0. The van der Waals surface area contributed by atoms with Crippen LogP contribution in [0.15, 0.2) is 29.3 Å². The van der Waals surface area contributed by atoms with Gasteiger partial charge < -0.3 is 9.47 Å². The molecule has 4 nitrogen and oxygen atoms in total. The summed E-state index contributed by atoms with van der Waals surface area (Å²) in [6.45, 7) is 5.96. The Morgan fingerprint density at radius 3 is 2.45 bits per heavy atom. The van der Waals surface area contributed by atoms with Crippen LogP contribution in [0.4, 0.5) is 0 Å². The van der Waals surface area contributed by atoms with Gasteiger partial charge in [0.25, 0.3) is 0 Å². The van der Waals surface area contributed by atoms with Crippen LogP contribution in [0.2, 0.25) is 0 Å². The van der Waals surface area contributed by atoms with Gasteiger partial charge in [-0.3, -0.25) is 4.98 Å². The number of ether oxygens (including phenoxy) is 2. The number of rotatable bonds is 4. The van der Waals surface area contributed by atoms with E-state index in [4.69, 9.17) is 9.47 Å². The summed E-state index contributed by atoms with van der Waals surface area (Å²) in [4.78, 5) is 16.9. The molecule has 1 aromatic heterocycles. The zero-order valence-corrected chi connectivity index (χ0v) is 14.4. The summed E-state index contributed by atoms with van der Waals surface area (Å²) in [6.07, 6.45) is 9.39. The average molecular weight is 323 g/mol. The lowest BCUT2D eigenvalue weighted by Gasteiger charge is -2.08. The minimum Gasteiger partial charge on any atom is -0.462 e. The van der Waals surface area contributed by atoms with Gasteiger partial charge in [-0.15, -0.1) is 11.8 Å². The number of hydrogen-bond donors (Lipinski definition) is 0. The number of aromatic nitrogens is 1. The molecule has 1 aliphatic rings. The molecule has 0 amide bonds. The van der Waals surface area contributed by atoms with Crippen molar-refractivity contribution in [1.29, 1.82) is 0 Å². The summed E-state index contributed by atoms with van der Waals surface area (Å²) < 4.78 is 10.0. The Morgan fingerprint density at radius 2 is 2.09 bits per heavy atom.